The molecule has 3 heterocycles. The van der Waals surface area contributed by atoms with Crippen molar-refractivity contribution in [2.45, 2.75) is 8.42 Å². The zero-order valence-corrected chi connectivity index (χ0v) is 21.5. The van der Waals surface area contributed by atoms with Crippen LogP contribution >= 0.6 is 22.7 Å². The molecule has 0 bridgehead atoms. The summed E-state index contributed by atoms with van der Waals surface area (Å²) in [5, 5.41) is 17.5. The average Bonchev–Trinajstić information content (AvgIpc) is 3.61. The van der Waals surface area contributed by atoms with E-state index in [0.29, 0.717) is 0 Å². The summed E-state index contributed by atoms with van der Waals surface area (Å²) < 4.78 is 60.3. The van der Waals surface area contributed by atoms with Crippen molar-refractivity contribution < 1.29 is 31.0 Å². The molecule has 3 N–H and O–H groups in total. The average molecular weight is 582 g/mol. The minimum absolute atomic E-state index is 0.00569. The number of sulfonamides is 2. The number of amides is 1. The molecule has 0 saturated carbocycles. The first kappa shape index (κ1) is 26.0. The molecule has 13 nitrogen and oxygen atoms in total. The van der Waals surface area contributed by atoms with Crippen LogP contribution in [0.4, 0.5) is 17.3 Å². The summed E-state index contributed by atoms with van der Waals surface area (Å²) in [7, 11) is -8.02. The molecular formula is C20H15N5O8S4. The molecule has 4 rings (SSSR count). The van der Waals surface area contributed by atoms with Gasteiger partial charge in [0, 0.05) is 5.56 Å². The predicted molar refractivity (Wildman–Crippen MR) is 137 cm³/mol. The fourth-order valence-corrected chi connectivity index (χ4v) is 6.92. The number of hydrogen-bond donors (Lipinski definition) is 3. The maximum atomic E-state index is 12.7. The maximum absolute atomic E-state index is 12.7. The summed E-state index contributed by atoms with van der Waals surface area (Å²) in [5.41, 5.74) is 1.86. The van der Waals surface area contributed by atoms with Crippen LogP contribution in [0.5, 0.6) is 0 Å². The molecule has 37 heavy (non-hydrogen) atoms. The standard InChI is InChI=1S/C20H15N5O8S4/c26-20(22-21-12-16-5-6-17(33-16)25(27)28)13-9-14(23-36(29,30)18-3-1-7-34-18)11-15(10-13)24-37(31,32)19-4-2-8-35-19/h1-12,23-24H,(H,22,26). The second-order valence-corrected chi connectivity index (χ2v) is 12.7. The van der Waals surface area contributed by atoms with Crippen molar-refractivity contribution in [3.63, 3.8) is 0 Å². The van der Waals surface area contributed by atoms with Gasteiger partial charge in [0.1, 0.15) is 13.3 Å². The van der Waals surface area contributed by atoms with Gasteiger partial charge < -0.3 is 4.42 Å². The molecule has 192 valence electrons. The third kappa shape index (κ3) is 6.39. The van der Waals surface area contributed by atoms with Gasteiger partial charge in [-0.1, -0.05) is 12.1 Å². The van der Waals surface area contributed by atoms with E-state index in [2.05, 4.69) is 20.0 Å². The molecule has 0 atom stereocenters. The van der Waals surface area contributed by atoms with Crippen LogP contribution in [0, 0.1) is 10.1 Å². The van der Waals surface area contributed by atoms with E-state index in [-0.39, 0.29) is 31.1 Å². The van der Waals surface area contributed by atoms with Crippen molar-refractivity contribution in [3.05, 3.63) is 86.8 Å². The maximum Gasteiger partial charge on any atom is 0.433 e. The third-order valence-corrected chi connectivity index (χ3v) is 9.93. The van der Waals surface area contributed by atoms with Gasteiger partial charge in [-0.05, 0) is 47.2 Å². The lowest BCUT2D eigenvalue weighted by atomic mass is 10.1. The summed E-state index contributed by atoms with van der Waals surface area (Å²) in [4.78, 5) is 22.7. The minimum Gasteiger partial charge on any atom is -0.400 e. The highest BCUT2D eigenvalue weighted by Gasteiger charge is 2.20. The summed E-state index contributed by atoms with van der Waals surface area (Å²) in [5.74, 6) is -1.35. The number of benzene rings is 1. The Morgan fingerprint density at radius 1 is 0.919 bits per heavy atom. The molecule has 4 aromatic rings. The molecule has 1 aromatic carbocycles. The van der Waals surface area contributed by atoms with Gasteiger partial charge in [-0.25, -0.2) is 22.3 Å². The lowest BCUT2D eigenvalue weighted by Gasteiger charge is -2.12. The number of carbonyl (C=O) groups excluding carboxylic acids is 1. The molecular weight excluding hydrogens is 567 g/mol. The van der Waals surface area contributed by atoms with Crippen molar-refractivity contribution in [1.82, 2.24) is 5.43 Å². The molecule has 1 amide bonds. The Morgan fingerprint density at radius 2 is 1.49 bits per heavy atom. The molecule has 3 aromatic heterocycles. The minimum atomic E-state index is -4.01. The number of nitrogens with one attached hydrogen (secondary N) is 3. The van der Waals surface area contributed by atoms with Gasteiger partial charge in [-0.15, -0.1) is 22.7 Å². The Morgan fingerprint density at radius 3 is 1.95 bits per heavy atom. The van der Waals surface area contributed by atoms with Crippen LogP contribution in [-0.2, 0) is 20.0 Å². The van der Waals surface area contributed by atoms with Gasteiger partial charge in [0.25, 0.3) is 26.0 Å². The van der Waals surface area contributed by atoms with Gasteiger partial charge in [-0.3, -0.25) is 24.4 Å². The largest absolute Gasteiger partial charge is 0.433 e. The lowest BCUT2D eigenvalue weighted by molar-refractivity contribution is -0.402. The van der Waals surface area contributed by atoms with Crippen LogP contribution in [-0.4, -0.2) is 33.9 Å². The fourth-order valence-electron chi connectivity index (χ4n) is 2.85. The summed E-state index contributed by atoms with van der Waals surface area (Å²) in [6.45, 7) is 0. The summed E-state index contributed by atoms with van der Waals surface area (Å²) in [6, 6.07) is 11.9. The molecule has 0 aliphatic rings. The van der Waals surface area contributed by atoms with Crippen molar-refractivity contribution >= 4 is 72.1 Å². The topological polar surface area (TPSA) is 190 Å². The van der Waals surface area contributed by atoms with E-state index in [9.17, 15) is 31.7 Å². The number of anilines is 2. The van der Waals surface area contributed by atoms with Crippen LogP contribution in [0.15, 0.2) is 83.3 Å². The number of hydrogen-bond acceptors (Lipinski definition) is 11. The van der Waals surface area contributed by atoms with Crippen molar-refractivity contribution in [1.29, 1.82) is 0 Å². The van der Waals surface area contributed by atoms with Crippen LogP contribution in [0.2, 0.25) is 0 Å². The van der Waals surface area contributed by atoms with Gasteiger partial charge >= 0.3 is 5.88 Å². The lowest BCUT2D eigenvalue weighted by Crippen LogP contribution is -2.19. The van der Waals surface area contributed by atoms with E-state index < -0.39 is 36.8 Å². The summed E-state index contributed by atoms with van der Waals surface area (Å²) >= 11 is 1.95. The SMILES string of the molecule is O=C(NN=Cc1ccc([N+](=O)[O-])o1)c1cc(NS(=O)(=O)c2cccs2)cc(NS(=O)(=O)c2cccs2)c1. The molecule has 17 heteroatoms. The van der Waals surface area contributed by atoms with Gasteiger partial charge in [0.05, 0.1) is 23.7 Å². The smallest absolute Gasteiger partial charge is 0.400 e. The molecule has 0 spiro atoms. The monoisotopic (exact) mass is 581 g/mol. The number of nitrogens with zero attached hydrogens (tertiary/aromatic N) is 2. The van der Waals surface area contributed by atoms with E-state index in [4.69, 9.17) is 4.42 Å². The number of rotatable bonds is 10. The number of carbonyl (C=O) groups is 1. The Kier molecular flexibility index (Phi) is 7.39. The van der Waals surface area contributed by atoms with E-state index in [1.807, 2.05) is 0 Å². The molecule has 0 aliphatic carbocycles. The van der Waals surface area contributed by atoms with Crippen molar-refractivity contribution in [3.8, 4) is 0 Å². The Hall–Kier alpha value is -4.06. The zero-order chi connectivity index (χ0) is 26.6. The first-order valence-electron chi connectivity index (χ1n) is 9.89. The highest BCUT2D eigenvalue weighted by atomic mass is 32.3. The number of thiophene rings is 2. The second-order valence-electron chi connectivity index (χ2n) is 7.01. The van der Waals surface area contributed by atoms with Crippen molar-refractivity contribution in [2.24, 2.45) is 5.10 Å². The Balaban J connectivity index is 1.61. The predicted octanol–water partition coefficient (Wildman–Crippen LogP) is 3.68. The van der Waals surface area contributed by atoms with E-state index in [0.717, 1.165) is 35.0 Å². The molecule has 0 radical (unpaired) electrons. The zero-order valence-electron chi connectivity index (χ0n) is 18.2. The summed E-state index contributed by atoms with van der Waals surface area (Å²) in [6.07, 6.45) is 1.02. The van der Waals surface area contributed by atoms with Crippen LogP contribution in [0.1, 0.15) is 16.1 Å². The highest BCUT2D eigenvalue weighted by molar-refractivity contribution is 7.95. The fraction of sp³-hybridized carbons (Fsp3) is 0. The molecule has 0 saturated heterocycles. The van der Waals surface area contributed by atoms with Crippen molar-refractivity contribution in [2.75, 3.05) is 9.44 Å². The van der Waals surface area contributed by atoms with Crippen LogP contribution < -0.4 is 14.9 Å². The Labute approximate surface area is 217 Å². The Bertz CT molecular complexity index is 1590. The number of furan rings is 1. The first-order valence-corrected chi connectivity index (χ1v) is 14.6. The molecule has 0 fully saturated rings. The third-order valence-electron chi connectivity index (χ3n) is 4.37. The van der Waals surface area contributed by atoms with Crippen LogP contribution in [0.3, 0.4) is 0 Å². The van der Waals surface area contributed by atoms with Gasteiger partial charge in [0.2, 0.25) is 0 Å². The number of hydrazone groups is 1. The first-order chi connectivity index (χ1) is 17.5. The van der Waals surface area contributed by atoms with Gasteiger partial charge in [-0.2, -0.15) is 5.10 Å². The van der Waals surface area contributed by atoms with Crippen LogP contribution in [0.25, 0.3) is 0 Å². The molecule has 0 unspecified atom stereocenters. The van der Waals surface area contributed by atoms with Gasteiger partial charge in [0.15, 0.2) is 5.76 Å². The normalized spacial score (nSPS) is 11.9. The molecule has 0 aliphatic heterocycles. The quantitative estimate of drug-likeness (QED) is 0.143. The van der Waals surface area contributed by atoms with E-state index in [1.165, 1.54) is 36.4 Å². The number of nitro groups is 1. The van der Waals surface area contributed by atoms with E-state index >= 15 is 0 Å². The van der Waals surface area contributed by atoms with E-state index in [1.54, 1.807) is 22.9 Å². The highest BCUT2D eigenvalue weighted by Crippen LogP contribution is 2.27. The second kappa shape index (κ2) is 10.5.